The Kier molecular flexibility index (Phi) is 4.85. The number of ether oxygens (including phenoxy) is 1. The lowest BCUT2D eigenvalue weighted by molar-refractivity contribution is -0.122. The molecule has 5 nitrogen and oxygen atoms in total. The minimum Gasteiger partial charge on any atom is -0.479 e. The number of halogens is 3. The number of imidazole rings is 1. The van der Waals surface area contributed by atoms with Crippen molar-refractivity contribution in [3.63, 3.8) is 0 Å². The molecule has 0 aliphatic heterocycles. The van der Waals surface area contributed by atoms with Crippen LogP contribution in [0.25, 0.3) is 11.0 Å². The Morgan fingerprint density at radius 2 is 1.88 bits per heavy atom. The molecular weight excluding hydrogens is 373 g/mol. The molecule has 3 rings (SSSR count). The molecule has 1 amide bonds. The molecule has 0 aliphatic carbocycles. The first-order valence-corrected chi connectivity index (χ1v) is 8.14. The van der Waals surface area contributed by atoms with Crippen LogP contribution in [0, 0.1) is 0 Å². The summed E-state index contributed by atoms with van der Waals surface area (Å²) < 4.78 is 5.56. The van der Waals surface area contributed by atoms with E-state index in [2.05, 4.69) is 15.3 Å². The monoisotopic (exact) mass is 383 g/mol. The predicted octanol–water partition coefficient (Wildman–Crippen LogP) is 4.93. The number of rotatable bonds is 4. The van der Waals surface area contributed by atoms with Crippen molar-refractivity contribution < 1.29 is 9.53 Å². The third-order valence-electron chi connectivity index (χ3n) is 3.28. The van der Waals surface area contributed by atoms with Gasteiger partial charge in [0.05, 0.1) is 26.1 Å². The van der Waals surface area contributed by atoms with E-state index in [-0.39, 0.29) is 16.7 Å². The van der Waals surface area contributed by atoms with Crippen LogP contribution in [0.3, 0.4) is 0 Å². The van der Waals surface area contributed by atoms with Crippen LogP contribution < -0.4 is 10.1 Å². The Labute approximate surface area is 152 Å². The summed E-state index contributed by atoms with van der Waals surface area (Å²) in [6, 6.07) is 10.4. The molecular formula is C16H12Cl3N3O2. The van der Waals surface area contributed by atoms with Crippen molar-refractivity contribution >= 4 is 57.7 Å². The Balaban J connectivity index is 1.71. The van der Waals surface area contributed by atoms with Crippen molar-refractivity contribution in [1.82, 2.24) is 9.97 Å². The SMILES string of the molecule is CC(Oc1cc(Cl)c(Cl)cc1Cl)C(=O)Nc1nc2ccccc2[nH]1. The quantitative estimate of drug-likeness (QED) is 0.627. The summed E-state index contributed by atoms with van der Waals surface area (Å²) in [6.45, 7) is 1.59. The minimum atomic E-state index is -0.812. The number of nitrogens with one attached hydrogen (secondary N) is 2. The van der Waals surface area contributed by atoms with Crippen LogP contribution in [0.5, 0.6) is 5.75 Å². The van der Waals surface area contributed by atoms with Gasteiger partial charge in [-0.05, 0) is 25.1 Å². The molecule has 2 aromatic carbocycles. The number of hydrogen-bond donors (Lipinski definition) is 2. The molecule has 0 radical (unpaired) electrons. The summed E-state index contributed by atoms with van der Waals surface area (Å²) in [7, 11) is 0. The highest BCUT2D eigenvalue weighted by molar-refractivity contribution is 6.43. The van der Waals surface area contributed by atoms with Gasteiger partial charge in [0.1, 0.15) is 5.75 Å². The average molecular weight is 385 g/mol. The molecule has 3 aromatic rings. The number of para-hydroxylation sites is 2. The van der Waals surface area contributed by atoms with E-state index in [9.17, 15) is 4.79 Å². The summed E-state index contributed by atoms with van der Waals surface area (Å²) in [5, 5.41) is 3.54. The van der Waals surface area contributed by atoms with E-state index in [0.717, 1.165) is 11.0 Å². The molecule has 1 heterocycles. The number of amides is 1. The van der Waals surface area contributed by atoms with Gasteiger partial charge in [-0.3, -0.25) is 10.1 Å². The first-order valence-electron chi connectivity index (χ1n) is 7.01. The normalized spacial score (nSPS) is 12.2. The van der Waals surface area contributed by atoms with Gasteiger partial charge in [-0.15, -0.1) is 0 Å². The van der Waals surface area contributed by atoms with Gasteiger partial charge >= 0.3 is 0 Å². The van der Waals surface area contributed by atoms with Gasteiger partial charge in [-0.25, -0.2) is 4.98 Å². The number of anilines is 1. The fourth-order valence-corrected chi connectivity index (χ4v) is 2.65. The summed E-state index contributed by atoms with van der Waals surface area (Å²) >= 11 is 17.9. The van der Waals surface area contributed by atoms with Crippen LogP contribution in [0.4, 0.5) is 5.95 Å². The zero-order chi connectivity index (χ0) is 17.3. The number of nitrogens with zero attached hydrogens (tertiary/aromatic N) is 1. The molecule has 124 valence electrons. The lowest BCUT2D eigenvalue weighted by Gasteiger charge is -2.15. The molecule has 0 saturated heterocycles. The highest BCUT2D eigenvalue weighted by Gasteiger charge is 2.18. The van der Waals surface area contributed by atoms with Crippen LogP contribution in [0.1, 0.15) is 6.92 Å². The number of aromatic amines is 1. The van der Waals surface area contributed by atoms with Gasteiger partial charge in [0.15, 0.2) is 6.10 Å². The maximum Gasteiger partial charge on any atom is 0.267 e. The van der Waals surface area contributed by atoms with Crippen molar-refractivity contribution in [2.45, 2.75) is 13.0 Å². The van der Waals surface area contributed by atoms with Crippen LogP contribution in [0.15, 0.2) is 36.4 Å². The Hall–Kier alpha value is -1.95. The van der Waals surface area contributed by atoms with E-state index in [1.807, 2.05) is 24.3 Å². The zero-order valence-electron chi connectivity index (χ0n) is 12.4. The van der Waals surface area contributed by atoms with Crippen molar-refractivity contribution in [2.24, 2.45) is 0 Å². The molecule has 0 saturated carbocycles. The second kappa shape index (κ2) is 6.89. The molecule has 8 heteroatoms. The predicted molar refractivity (Wildman–Crippen MR) is 96.3 cm³/mol. The zero-order valence-corrected chi connectivity index (χ0v) is 14.7. The molecule has 0 fully saturated rings. The van der Waals surface area contributed by atoms with Gasteiger partial charge in [0.2, 0.25) is 5.95 Å². The molecule has 0 aliphatic rings. The number of carbonyl (C=O) groups excluding carboxylic acids is 1. The third-order valence-corrected chi connectivity index (χ3v) is 4.30. The van der Waals surface area contributed by atoms with Gasteiger partial charge < -0.3 is 9.72 Å². The smallest absolute Gasteiger partial charge is 0.267 e. The second-order valence-corrected chi connectivity index (χ2v) is 6.27. The average Bonchev–Trinajstić information content (AvgIpc) is 2.94. The minimum absolute atomic E-state index is 0.271. The van der Waals surface area contributed by atoms with E-state index in [1.165, 1.54) is 12.1 Å². The number of H-pyrrole nitrogens is 1. The van der Waals surface area contributed by atoms with E-state index in [1.54, 1.807) is 6.92 Å². The van der Waals surface area contributed by atoms with Crippen molar-refractivity contribution in [3.8, 4) is 5.75 Å². The summed E-state index contributed by atoms with van der Waals surface area (Å²) in [4.78, 5) is 19.5. The van der Waals surface area contributed by atoms with Crippen LogP contribution >= 0.6 is 34.8 Å². The Morgan fingerprint density at radius 3 is 2.62 bits per heavy atom. The van der Waals surface area contributed by atoms with Crippen LogP contribution in [-0.4, -0.2) is 22.0 Å². The largest absolute Gasteiger partial charge is 0.479 e. The Morgan fingerprint density at radius 1 is 1.17 bits per heavy atom. The number of carbonyl (C=O) groups is 1. The maximum atomic E-state index is 12.3. The van der Waals surface area contributed by atoms with E-state index >= 15 is 0 Å². The molecule has 0 spiro atoms. The highest BCUT2D eigenvalue weighted by Crippen LogP contribution is 2.34. The molecule has 24 heavy (non-hydrogen) atoms. The standard InChI is InChI=1S/C16H12Cl3N3O2/c1-8(24-14-7-10(18)9(17)6-11(14)19)15(23)22-16-20-12-4-2-3-5-13(12)21-16/h2-8H,1H3,(H2,20,21,22,23). The summed E-state index contributed by atoms with van der Waals surface area (Å²) in [5.74, 6) is 0.242. The topological polar surface area (TPSA) is 67.0 Å². The third kappa shape index (κ3) is 3.59. The lowest BCUT2D eigenvalue weighted by atomic mass is 10.3. The molecule has 0 bridgehead atoms. The Bertz CT molecular complexity index is 878. The van der Waals surface area contributed by atoms with Gasteiger partial charge in [0, 0.05) is 6.07 Å². The maximum absolute atomic E-state index is 12.3. The first kappa shape index (κ1) is 16.9. The van der Waals surface area contributed by atoms with Gasteiger partial charge in [-0.2, -0.15) is 0 Å². The fraction of sp³-hybridized carbons (Fsp3) is 0.125. The number of aromatic nitrogens is 2. The van der Waals surface area contributed by atoms with Gasteiger partial charge in [0.25, 0.3) is 5.91 Å². The molecule has 1 unspecified atom stereocenters. The number of fused-ring (bicyclic) bond motifs is 1. The first-order chi connectivity index (χ1) is 11.4. The van der Waals surface area contributed by atoms with Crippen LogP contribution in [0.2, 0.25) is 15.1 Å². The van der Waals surface area contributed by atoms with E-state index in [0.29, 0.717) is 16.0 Å². The molecule has 2 N–H and O–H groups in total. The van der Waals surface area contributed by atoms with E-state index < -0.39 is 6.10 Å². The van der Waals surface area contributed by atoms with Crippen LogP contribution in [-0.2, 0) is 4.79 Å². The summed E-state index contributed by atoms with van der Waals surface area (Å²) in [6.07, 6.45) is -0.812. The highest BCUT2D eigenvalue weighted by atomic mass is 35.5. The fourth-order valence-electron chi connectivity index (χ4n) is 2.07. The number of benzene rings is 2. The van der Waals surface area contributed by atoms with Crippen molar-refractivity contribution in [1.29, 1.82) is 0 Å². The van der Waals surface area contributed by atoms with Crippen molar-refractivity contribution in [3.05, 3.63) is 51.5 Å². The van der Waals surface area contributed by atoms with Gasteiger partial charge in [-0.1, -0.05) is 46.9 Å². The molecule has 1 atom stereocenters. The summed E-state index contributed by atoms with van der Waals surface area (Å²) in [5.41, 5.74) is 1.59. The number of hydrogen-bond acceptors (Lipinski definition) is 3. The van der Waals surface area contributed by atoms with E-state index in [4.69, 9.17) is 39.5 Å². The lowest BCUT2D eigenvalue weighted by Crippen LogP contribution is -2.30. The molecule has 1 aromatic heterocycles. The van der Waals surface area contributed by atoms with Crippen molar-refractivity contribution in [2.75, 3.05) is 5.32 Å². The second-order valence-electron chi connectivity index (χ2n) is 5.05.